The van der Waals surface area contributed by atoms with E-state index in [9.17, 15) is 0 Å². The molecule has 0 bridgehead atoms. The van der Waals surface area contributed by atoms with E-state index in [0.29, 0.717) is 0 Å². The number of hydrogen-bond donors (Lipinski definition) is 0. The average molecular weight is 418 g/mol. The summed E-state index contributed by atoms with van der Waals surface area (Å²) in [5.41, 5.74) is 5.12. The number of fused-ring (bicyclic) bond motifs is 1. The Morgan fingerprint density at radius 3 is 2.19 bits per heavy atom. The van der Waals surface area contributed by atoms with Crippen molar-refractivity contribution in [2.75, 3.05) is 7.11 Å². The maximum Gasteiger partial charge on any atom is 0.144 e. The van der Waals surface area contributed by atoms with Crippen LogP contribution < -0.4 is 9.47 Å². The van der Waals surface area contributed by atoms with Crippen LogP contribution in [0.1, 0.15) is 22.6 Å². The third-order valence-corrected chi connectivity index (χ3v) is 5.61. The number of rotatable bonds is 5. The van der Waals surface area contributed by atoms with Gasteiger partial charge < -0.3 is 9.47 Å². The Morgan fingerprint density at radius 2 is 1.41 bits per heavy atom. The fourth-order valence-electron chi connectivity index (χ4n) is 4.11. The molecule has 1 unspecified atom stereocenters. The molecular formula is C29H23NO2. The zero-order valence-corrected chi connectivity index (χ0v) is 17.8. The van der Waals surface area contributed by atoms with Crippen LogP contribution >= 0.6 is 0 Å². The number of allylic oxidation sites excluding steroid dienone is 1. The SMILES string of the molecule is COc1ccccc1N=CC1=C(c2ccccc2)Oc2ccccc2C1c1ccccc1. The Balaban J connectivity index is 1.73. The normalized spacial score (nSPS) is 15.3. The smallest absolute Gasteiger partial charge is 0.144 e. The van der Waals surface area contributed by atoms with E-state index in [2.05, 4.69) is 48.5 Å². The third kappa shape index (κ3) is 3.81. The third-order valence-electron chi connectivity index (χ3n) is 5.61. The Labute approximate surface area is 188 Å². The summed E-state index contributed by atoms with van der Waals surface area (Å²) in [6.07, 6.45) is 1.92. The molecule has 4 aromatic rings. The first-order valence-electron chi connectivity index (χ1n) is 10.6. The van der Waals surface area contributed by atoms with Crippen LogP contribution in [-0.2, 0) is 0 Å². The first kappa shape index (κ1) is 19.8. The van der Waals surface area contributed by atoms with Gasteiger partial charge in [0.15, 0.2) is 0 Å². The molecule has 0 fully saturated rings. The van der Waals surface area contributed by atoms with Gasteiger partial charge in [-0.15, -0.1) is 0 Å². The number of ether oxygens (including phenoxy) is 2. The Hall–Kier alpha value is -4.11. The van der Waals surface area contributed by atoms with E-state index in [1.54, 1.807) is 7.11 Å². The molecule has 3 nitrogen and oxygen atoms in total. The van der Waals surface area contributed by atoms with Crippen molar-refractivity contribution in [2.24, 2.45) is 4.99 Å². The van der Waals surface area contributed by atoms with Crippen LogP contribution in [0.2, 0.25) is 0 Å². The van der Waals surface area contributed by atoms with Gasteiger partial charge in [-0.3, -0.25) is 4.99 Å². The molecule has 0 saturated carbocycles. The predicted octanol–water partition coefficient (Wildman–Crippen LogP) is 7.03. The fourth-order valence-corrected chi connectivity index (χ4v) is 4.11. The van der Waals surface area contributed by atoms with E-state index >= 15 is 0 Å². The number of para-hydroxylation sites is 3. The predicted molar refractivity (Wildman–Crippen MR) is 130 cm³/mol. The highest BCUT2D eigenvalue weighted by Gasteiger charge is 2.30. The Kier molecular flexibility index (Phi) is 5.54. The van der Waals surface area contributed by atoms with E-state index in [-0.39, 0.29) is 5.92 Å². The molecule has 5 rings (SSSR count). The van der Waals surface area contributed by atoms with Gasteiger partial charge >= 0.3 is 0 Å². The summed E-state index contributed by atoms with van der Waals surface area (Å²) in [4.78, 5) is 4.84. The molecule has 0 radical (unpaired) electrons. The number of aliphatic imine (C=N–C) groups is 1. The van der Waals surface area contributed by atoms with Gasteiger partial charge in [-0.05, 0) is 23.8 Å². The number of benzene rings is 4. The molecule has 1 atom stereocenters. The molecule has 0 N–H and O–H groups in total. The topological polar surface area (TPSA) is 30.8 Å². The quantitative estimate of drug-likeness (QED) is 0.326. The van der Waals surface area contributed by atoms with Crippen LogP contribution in [-0.4, -0.2) is 13.3 Å². The van der Waals surface area contributed by atoms with E-state index in [1.807, 2.05) is 66.9 Å². The molecular weight excluding hydrogens is 394 g/mol. The molecule has 1 aliphatic rings. The van der Waals surface area contributed by atoms with E-state index in [0.717, 1.165) is 39.6 Å². The number of nitrogens with zero attached hydrogens (tertiary/aromatic N) is 1. The summed E-state index contributed by atoms with van der Waals surface area (Å²) in [6.45, 7) is 0. The minimum atomic E-state index is -0.00480. The molecule has 0 amide bonds. The zero-order chi connectivity index (χ0) is 21.8. The molecule has 1 aliphatic heterocycles. The van der Waals surface area contributed by atoms with Crippen molar-refractivity contribution in [1.29, 1.82) is 0 Å². The van der Waals surface area contributed by atoms with Crippen LogP contribution in [0.5, 0.6) is 11.5 Å². The van der Waals surface area contributed by atoms with Crippen molar-refractivity contribution in [3.05, 3.63) is 131 Å². The highest BCUT2D eigenvalue weighted by molar-refractivity contribution is 5.95. The van der Waals surface area contributed by atoms with Gasteiger partial charge in [0, 0.05) is 28.8 Å². The van der Waals surface area contributed by atoms with Gasteiger partial charge in [0.05, 0.1) is 7.11 Å². The van der Waals surface area contributed by atoms with Gasteiger partial charge in [-0.2, -0.15) is 0 Å². The molecule has 3 heteroatoms. The number of methoxy groups -OCH3 is 1. The van der Waals surface area contributed by atoms with Gasteiger partial charge in [0.1, 0.15) is 22.9 Å². The second-order valence-electron chi connectivity index (χ2n) is 7.56. The lowest BCUT2D eigenvalue weighted by atomic mass is 9.81. The standard InChI is InChI=1S/C29H23NO2/c1-31-27-19-11-9-17-25(27)30-20-24-28(21-12-4-2-5-13-21)23-16-8-10-18-26(23)32-29(24)22-14-6-3-7-15-22/h2-20,28H,1H3. The molecule has 4 aromatic carbocycles. The highest BCUT2D eigenvalue weighted by atomic mass is 16.5. The maximum atomic E-state index is 6.48. The molecule has 0 spiro atoms. The van der Waals surface area contributed by atoms with E-state index in [1.165, 1.54) is 5.56 Å². The van der Waals surface area contributed by atoms with Crippen LogP contribution in [0.3, 0.4) is 0 Å². The van der Waals surface area contributed by atoms with Gasteiger partial charge in [0.25, 0.3) is 0 Å². The van der Waals surface area contributed by atoms with Crippen molar-refractivity contribution >= 4 is 17.7 Å². The van der Waals surface area contributed by atoms with Crippen molar-refractivity contribution in [3.63, 3.8) is 0 Å². The zero-order valence-electron chi connectivity index (χ0n) is 17.8. The van der Waals surface area contributed by atoms with Crippen LogP contribution in [0.25, 0.3) is 5.76 Å². The monoisotopic (exact) mass is 417 g/mol. The lowest BCUT2D eigenvalue weighted by Crippen LogP contribution is -2.17. The largest absolute Gasteiger partial charge is 0.494 e. The summed E-state index contributed by atoms with van der Waals surface area (Å²) in [5.74, 6) is 2.42. The highest BCUT2D eigenvalue weighted by Crippen LogP contribution is 2.45. The first-order valence-corrected chi connectivity index (χ1v) is 10.6. The Morgan fingerprint density at radius 1 is 0.750 bits per heavy atom. The molecule has 0 aromatic heterocycles. The summed E-state index contributed by atoms with van der Waals surface area (Å²) in [7, 11) is 1.66. The van der Waals surface area contributed by atoms with Crippen LogP contribution in [0, 0.1) is 0 Å². The minimum absolute atomic E-state index is 0.00480. The van der Waals surface area contributed by atoms with Crippen LogP contribution in [0.15, 0.2) is 120 Å². The summed E-state index contributed by atoms with van der Waals surface area (Å²) >= 11 is 0. The maximum absolute atomic E-state index is 6.48. The molecule has 156 valence electrons. The number of hydrogen-bond acceptors (Lipinski definition) is 3. The Bertz CT molecular complexity index is 1280. The lowest BCUT2D eigenvalue weighted by Gasteiger charge is -2.30. The van der Waals surface area contributed by atoms with E-state index < -0.39 is 0 Å². The average Bonchev–Trinajstić information content (AvgIpc) is 2.87. The minimum Gasteiger partial charge on any atom is -0.494 e. The van der Waals surface area contributed by atoms with Crippen molar-refractivity contribution in [3.8, 4) is 11.5 Å². The van der Waals surface area contributed by atoms with Gasteiger partial charge in [-0.25, -0.2) is 0 Å². The first-order chi connectivity index (χ1) is 15.8. The van der Waals surface area contributed by atoms with Gasteiger partial charge in [0.2, 0.25) is 0 Å². The van der Waals surface area contributed by atoms with E-state index in [4.69, 9.17) is 14.5 Å². The van der Waals surface area contributed by atoms with Crippen LogP contribution in [0.4, 0.5) is 5.69 Å². The summed E-state index contributed by atoms with van der Waals surface area (Å²) < 4.78 is 12.0. The molecule has 32 heavy (non-hydrogen) atoms. The summed E-state index contributed by atoms with van der Waals surface area (Å²) in [5, 5.41) is 0. The molecule has 1 heterocycles. The fraction of sp³-hybridized carbons (Fsp3) is 0.0690. The second-order valence-corrected chi connectivity index (χ2v) is 7.56. The second kappa shape index (κ2) is 8.94. The lowest BCUT2D eigenvalue weighted by molar-refractivity contribution is 0.416. The van der Waals surface area contributed by atoms with Crippen molar-refractivity contribution in [2.45, 2.75) is 5.92 Å². The van der Waals surface area contributed by atoms with Gasteiger partial charge in [-0.1, -0.05) is 91.0 Å². The summed E-state index contributed by atoms with van der Waals surface area (Å²) in [6, 6.07) is 36.7. The van der Waals surface area contributed by atoms with Crippen molar-refractivity contribution < 1.29 is 9.47 Å². The molecule has 0 saturated heterocycles. The molecule has 0 aliphatic carbocycles. The van der Waals surface area contributed by atoms with Crippen molar-refractivity contribution in [1.82, 2.24) is 0 Å².